The SMILES string of the molecule is C=C(CO)CC(C=C(C)CCC=C(C)CCl)OC(C)=O. The minimum absolute atomic E-state index is 0.0949. The summed E-state index contributed by atoms with van der Waals surface area (Å²) in [5.74, 6) is 0.220. The molecule has 0 spiro atoms. The highest BCUT2D eigenvalue weighted by atomic mass is 35.5. The van der Waals surface area contributed by atoms with Gasteiger partial charge in [0.1, 0.15) is 6.10 Å². The minimum atomic E-state index is -0.356. The topological polar surface area (TPSA) is 46.5 Å². The average Bonchev–Trinajstić information content (AvgIpc) is 2.37. The molecule has 0 aromatic rings. The van der Waals surface area contributed by atoms with Gasteiger partial charge in [-0.15, -0.1) is 11.6 Å². The Labute approximate surface area is 127 Å². The molecule has 0 rings (SSSR count). The van der Waals surface area contributed by atoms with Crippen molar-refractivity contribution in [2.45, 2.75) is 46.1 Å². The van der Waals surface area contributed by atoms with E-state index in [0.29, 0.717) is 17.9 Å². The molecule has 0 heterocycles. The molecule has 0 fully saturated rings. The summed E-state index contributed by atoms with van der Waals surface area (Å²) >= 11 is 5.71. The van der Waals surface area contributed by atoms with E-state index in [0.717, 1.165) is 24.0 Å². The fraction of sp³-hybridized carbons (Fsp3) is 0.562. The molecule has 0 radical (unpaired) electrons. The first-order chi connectivity index (χ1) is 9.38. The van der Waals surface area contributed by atoms with E-state index in [1.165, 1.54) is 6.92 Å². The Hall–Kier alpha value is -1.06. The molecular formula is C16H25ClO3. The molecule has 0 aliphatic heterocycles. The number of allylic oxidation sites excluding steroid dienone is 3. The Kier molecular flexibility index (Phi) is 10.1. The minimum Gasteiger partial charge on any atom is -0.458 e. The molecule has 1 atom stereocenters. The molecule has 4 heteroatoms. The molecule has 0 aromatic carbocycles. The molecular weight excluding hydrogens is 276 g/mol. The van der Waals surface area contributed by atoms with Crippen LogP contribution in [0.2, 0.25) is 0 Å². The predicted molar refractivity (Wildman–Crippen MR) is 83.9 cm³/mol. The van der Waals surface area contributed by atoms with Crippen molar-refractivity contribution < 1.29 is 14.6 Å². The zero-order valence-corrected chi connectivity index (χ0v) is 13.4. The van der Waals surface area contributed by atoms with Crippen LogP contribution in [0.5, 0.6) is 0 Å². The first-order valence-electron chi connectivity index (χ1n) is 6.72. The van der Waals surface area contributed by atoms with E-state index >= 15 is 0 Å². The van der Waals surface area contributed by atoms with Crippen molar-refractivity contribution in [2.24, 2.45) is 0 Å². The van der Waals surface area contributed by atoms with Crippen LogP contribution < -0.4 is 0 Å². The van der Waals surface area contributed by atoms with Crippen LogP contribution in [0.25, 0.3) is 0 Å². The zero-order valence-electron chi connectivity index (χ0n) is 12.6. The number of hydrogen-bond donors (Lipinski definition) is 1. The van der Waals surface area contributed by atoms with Gasteiger partial charge in [0.05, 0.1) is 6.61 Å². The van der Waals surface area contributed by atoms with Crippen molar-refractivity contribution in [3.05, 3.63) is 35.5 Å². The van der Waals surface area contributed by atoms with E-state index in [2.05, 4.69) is 12.7 Å². The Balaban J connectivity index is 4.54. The van der Waals surface area contributed by atoms with Crippen LogP contribution >= 0.6 is 11.6 Å². The number of hydrogen-bond acceptors (Lipinski definition) is 3. The van der Waals surface area contributed by atoms with Gasteiger partial charge in [-0.25, -0.2) is 0 Å². The number of rotatable bonds is 9. The third-order valence-electron chi connectivity index (χ3n) is 2.74. The van der Waals surface area contributed by atoms with Crippen molar-refractivity contribution in [2.75, 3.05) is 12.5 Å². The van der Waals surface area contributed by atoms with E-state index in [-0.39, 0.29) is 18.7 Å². The number of halogens is 1. The Morgan fingerprint density at radius 3 is 2.50 bits per heavy atom. The second-order valence-corrected chi connectivity index (χ2v) is 5.26. The van der Waals surface area contributed by atoms with Crippen LogP contribution in [0.3, 0.4) is 0 Å². The lowest BCUT2D eigenvalue weighted by atomic mass is 10.0. The number of alkyl halides is 1. The smallest absolute Gasteiger partial charge is 0.303 e. The van der Waals surface area contributed by atoms with Gasteiger partial charge in [-0.05, 0) is 38.3 Å². The number of aliphatic hydroxyl groups excluding tert-OH is 1. The van der Waals surface area contributed by atoms with Gasteiger partial charge in [0.25, 0.3) is 0 Å². The van der Waals surface area contributed by atoms with Gasteiger partial charge >= 0.3 is 5.97 Å². The molecule has 0 bridgehead atoms. The van der Waals surface area contributed by atoms with Crippen LogP contribution in [0.15, 0.2) is 35.5 Å². The predicted octanol–water partition coefficient (Wildman–Crippen LogP) is 3.77. The largest absolute Gasteiger partial charge is 0.458 e. The van der Waals surface area contributed by atoms with Crippen molar-refractivity contribution in [3.8, 4) is 0 Å². The van der Waals surface area contributed by atoms with Gasteiger partial charge in [-0.3, -0.25) is 4.79 Å². The lowest BCUT2D eigenvalue weighted by Crippen LogP contribution is -2.16. The summed E-state index contributed by atoms with van der Waals surface area (Å²) in [6, 6.07) is 0. The number of aliphatic hydroxyl groups is 1. The molecule has 0 amide bonds. The fourth-order valence-electron chi connectivity index (χ4n) is 1.70. The summed E-state index contributed by atoms with van der Waals surface area (Å²) in [7, 11) is 0. The van der Waals surface area contributed by atoms with Gasteiger partial charge in [-0.1, -0.05) is 23.8 Å². The molecule has 1 unspecified atom stereocenters. The van der Waals surface area contributed by atoms with E-state index in [9.17, 15) is 4.79 Å². The van der Waals surface area contributed by atoms with Gasteiger partial charge < -0.3 is 9.84 Å². The Morgan fingerprint density at radius 2 is 2.00 bits per heavy atom. The lowest BCUT2D eigenvalue weighted by Gasteiger charge is -2.15. The van der Waals surface area contributed by atoms with Gasteiger partial charge in [0.15, 0.2) is 0 Å². The second-order valence-electron chi connectivity index (χ2n) is 5.00. The molecule has 1 N–H and O–H groups in total. The van der Waals surface area contributed by atoms with Crippen LogP contribution in [0, 0.1) is 0 Å². The molecule has 20 heavy (non-hydrogen) atoms. The summed E-state index contributed by atoms with van der Waals surface area (Å²) in [4.78, 5) is 11.1. The van der Waals surface area contributed by atoms with Gasteiger partial charge in [0, 0.05) is 19.2 Å². The van der Waals surface area contributed by atoms with Gasteiger partial charge in [0.2, 0.25) is 0 Å². The van der Waals surface area contributed by atoms with Gasteiger partial charge in [-0.2, -0.15) is 0 Å². The van der Waals surface area contributed by atoms with Crippen LogP contribution in [0.1, 0.15) is 40.0 Å². The summed E-state index contributed by atoms with van der Waals surface area (Å²) < 4.78 is 5.22. The van der Waals surface area contributed by atoms with E-state index in [4.69, 9.17) is 21.4 Å². The van der Waals surface area contributed by atoms with Crippen LogP contribution in [0.4, 0.5) is 0 Å². The third-order valence-corrected chi connectivity index (χ3v) is 3.17. The first-order valence-corrected chi connectivity index (χ1v) is 7.26. The molecule has 114 valence electrons. The highest BCUT2D eigenvalue weighted by Crippen LogP contribution is 2.14. The number of esters is 1. The van der Waals surface area contributed by atoms with E-state index < -0.39 is 0 Å². The van der Waals surface area contributed by atoms with Crippen LogP contribution in [-0.2, 0) is 9.53 Å². The highest BCUT2D eigenvalue weighted by Gasteiger charge is 2.11. The van der Waals surface area contributed by atoms with Crippen molar-refractivity contribution >= 4 is 17.6 Å². The summed E-state index contributed by atoms with van der Waals surface area (Å²) in [5.41, 5.74) is 2.95. The standard InChI is InChI=1S/C16H25ClO3/c1-12(6-5-7-13(2)10-17)8-16(20-15(4)19)9-14(3)11-18/h7-8,16,18H,3,5-6,9-11H2,1-2,4H3. The van der Waals surface area contributed by atoms with Crippen molar-refractivity contribution in [1.29, 1.82) is 0 Å². The summed E-state index contributed by atoms with van der Waals surface area (Å²) in [6.07, 6.45) is 5.92. The second kappa shape index (κ2) is 10.7. The fourth-order valence-corrected chi connectivity index (χ4v) is 1.81. The maximum absolute atomic E-state index is 11.1. The Morgan fingerprint density at radius 1 is 1.35 bits per heavy atom. The number of carbonyl (C=O) groups is 1. The molecule has 0 saturated carbocycles. The quantitative estimate of drug-likeness (QED) is 0.400. The molecule has 0 saturated heterocycles. The maximum Gasteiger partial charge on any atom is 0.303 e. The maximum atomic E-state index is 11.1. The van der Waals surface area contributed by atoms with E-state index in [1.54, 1.807) is 0 Å². The lowest BCUT2D eigenvalue weighted by molar-refractivity contribution is -0.144. The first kappa shape index (κ1) is 18.9. The Bertz CT molecular complexity index is 383. The third kappa shape index (κ3) is 9.82. The van der Waals surface area contributed by atoms with Crippen LogP contribution in [-0.4, -0.2) is 29.7 Å². The van der Waals surface area contributed by atoms with Crippen molar-refractivity contribution in [1.82, 2.24) is 0 Å². The summed E-state index contributed by atoms with van der Waals surface area (Å²) in [6.45, 7) is 9.01. The van der Waals surface area contributed by atoms with Crippen molar-refractivity contribution in [3.63, 3.8) is 0 Å². The molecule has 0 aromatic heterocycles. The number of ether oxygens (including phenoxy) is 1. The zero-order chi connectivity index (χ0) is 15.5. The summed E-state index contributed by atoms with van der Waals surface area (Å²) in [5, 5.41) is 9.00. The number of carbonyl (C=O) groups excluding carboxylic acids is 1. The van der Waals surface area contributed by atoms with E-state index in [1.807, 2.05) is 19.9 Å². The highest BCUT2D eigenvalue weighted by molar-refractivity contribution is 6.19. The molecule has 0 aliphatic carbocycles. The monoisotopic (exact) mass is 300 g/mol. The normalized spacial score (nSPS) is 14.1. The molecule has 3 nitrogen and oxygen atoms in total. The molecule has 0 aliphatic rings. The average molecular weight is 301 g/mol.